The highest BCUT2D eigenvalue weighted by molar-refractivity contribution is 7.09. The van der Waals surface area contributed by atoms with Crippen molar-refractivity contribution < 1.29 is 74.0 Å². The minimum Gasteiger partial charge on any atom is -0.475 e. The van der Waals surface area contributed by atoms with Crippen LogP contribution in [0, 0.1) is 0 Å². The van der Waals surface area contributed by atoms with E-state index in [2.05, 4.69) is 51.0 Å². The Kier molecular flexibility index (Phi) is 16.2. The Hall–Kier alpha value is -3.43. The van der Waals surface area contributed by atoms with Gasteiger partial charge in [-0.15, -0.1) is 11.3 Å². The molecule has 21 heteroatoms. The van der Waals surface area contributed by atoms with Gasteiger partial charge in [-0.2, -0.15) is 39.5 Å². The topological polar surface area (TPSA) is 145 Å². The quantitative estimate of drug-likeness (QED) is 0.295. The third-order valence-electron chi connectivity index (χ3n) is 4.67. The first-order chi connectivity index (χ1) is 19.6. The number of carboxylic acids is 3. The van der Waals surface area contributed by atoms with E-state index in [1.54, 1.807) is 0 Å². The number of halogens is 9. The van der Waals surface area contributed by atoms with Crippen LogP contribution in [0.4, 0.5) is 39.5 Å². The second-order valence-electron chi connectivity index (χ2n) is 8.39. The van der Waals surface area contributed by atoms with Crippen molar-refractivity contribution in [3.05, 3.63) is 40.1 Å². The molecule has 2 aromatic rings. The number of nitrogens with zero attached hydrogens (tertiary/aromatic N) is 4. The van der Waals surface area contributed by atoms with Gasteiger partial charge in [0.15, 0.2) is 0 Å². The van der Waals surface area contributed by atoms with Crippen molar-refractivity contribution in [1.29, 1.82) is 0 Å². The van der Waals surface area contributed by atoms with Crippen LogP contribution in [0.2, 0.25) is 0 Å². The van der Waals surface area contributed by atoms with Crippen molar-refractivity contribution in [3.63, 3.8) is 0 Å². The number of alkyl halides is 9. The van der Waals surface area contributed by atoms with Gasteiger partial charge in [0.25, 0.3) is 0 Å². The molecule has 1 aliphatic heterocycles. The van der Waals surface area contributed by atoms with Gasteiger partial charge in [0, 0.05) is 37.6 Å². The summed E-state index contributed by atoms with van der Waals surface area (Å²) in [6, 6.07) is 4.33. The van der Waals surface area contributed by atoms with Crippen LogP contribution in [0.25, 0.3) is 0 Å². The van der Waals surface area contributed by atoms with E-state index in [-0.39, 0.29) is 0 Å². The molecule has 11 nitrogen and oxygen atoms in total. The molecule has 1 aliphatic rings. The number of hydrogen-bond acceptors (Lipinski definition) is 8. The van der Waals surface area contributed by atoms with Gasteiger partial charge in [0.1, 0.15) is 0 Å². The average Bonchev–Trinajstić information content (AvgIpc) is 3.51. The molecule has 0 fully saturated rings. The average molecular weight is 663 g/mol. The van der Waals surface area contributed by atoms with Crippen molar-refractivity contribution >= 4 is 29.2 Å². The molecular formula is C22H27F9N4O7S. The molecule has 3 rings (SSSR count). The third-order valence-corrected chi connectivity index (χ3v) is 5.53. The van der Waals surface area contributed by atoms with E-state index in [0.29, 0.717) is 6.61 Å². The predicted molar refractivity (Wildman–Crippen MR) is 130 cm³/mol. The van der Waals surface area contributed by atoms with Crippen LogP contribution in [-0.2, 0) is 45.4 Å². The van der Waals surface area contributed by atoms with E-state index in [4.69, 9.17) is 34.4 Å². The van der Waals surface area contributed by atoms with E-state index >= 15 is 0 Å². The van der Waals surface area contributed by atoms with Crippen molar-refractivity contribution in [1.82, 2.24) is 19.4 Å². The molecule has 0 spiro atoms. The summed E-state index contributed by atoms with van der Waals surface area (Å²) < 4.78 is 103. The van der Waals surface area contributed by atoms with Gasteiger partial charge in [-0.3, -0.25) is 4.90 Å². The number of fused-ring (bicyclic) bond motifs is 1. The van der Waals surface area contributed by atoms with E-state index in [9.17, 15) is 39.5 Å². The summed E-state index contributed by atoms with van der Waals surface area (Å²) in [7, 11) is 4.12. The van der Waals surface area contributed by atoms with Crippen LogP contribution in [0.5, 0.6) is 0 Å². The molecule has 246 valence electrons. The molecule has 0 amide bonds. The SMILES string of the molecule is CN(C)CCOCc1ncn2c1CN(Cc1cccs1)CC2.O=C(O)C(F)(F)F.O=C(O)C(F)(F)F.O=C(O)C(F)(F)F. The number of likely N-dealkylation sites (N-methyl/N-ethyl adjacent to an activating group) is 1. The fourth-order valence-corrected chi connectivity index (χ4v) is 3.40. The maximum Gasteiger partial charge on any atom is 0.490 e. The Labute approximate surface area is 241 Å². The van der Waals surface area contributed by atoms with Gasteiger partial charge in [-0.1, -0.05) is 6.07 Å². The van der Waals surface area contributed by atoms with Crippen LogP contribution < -0.4 is 0 Å². The highest BCUT2D eigenvalue weighted by atomic mass is 32.1. The lowest BCUT2D eigenvalue weighted by Crippen LogP contribution is -2.33. The minimum atomic E-state index is -5.08. The summed E-state index contributed by atoms with van der Waals surface area (Å²) in [5.74, 6) is -8.27. The van der Waals surface area contributed by atoms with Gasteiger partial charge >= 0.3 is 36.4 Å². The molecule has 0 saturated carbocycles. The zero-order valence-electron chi connectivity index (χ0n) is 22.3. The zero-order chi connectivity index (χ0) is 33.6. The third kappa shape index (κ3) is 17.3. The van der Waals surface area contributed by atoms with E-state index in [1.165, 1.54) is 10.6 Å². The zero-order valence-corrected chi connectivity index (χ0v) is 23.1. The summed E-state index contributed by atoms with van der Waals surface area (Å²) in [5.41, 5.74) is 2.40. The molecule has 3 heterocycles. The fourth-order valence-electron chi connectivity index (χ4n) is 2.66. The summed E-state index contributed by atoms with van der Waals surface area (Å²) in [6.45, 7) is 6.41. The summed E-state index contributed by atoms with van der Waals surface area (Å²) in [5, 5.41) is 23.5. The molecule has 0 bridgehead atoms. The van der Waals surface area contributed by atoms with Crippen molar-refractivity contribution in [2.24, 2.45) is 0 Å². The number of carboxylic acid groups (broad SMARTS) is 3. The molecule has 0 radical (unpaired) electrons. The summed E-state index contributed by atoms with van der Waals surface area (Å²) >= 11 is 1.83. The van der Waals surface area contributed by atoms with Crippen molar-refractivity contribution in [2.45, 2.75) is 44.8 Å². The lowest BCUT2D eigenvalue weighted by molar-refractivity contribution is -0.193. The maximum absolute atomic E-state index is 10.6. The summed E-state index contributed by atoms with van der Waals surface area (Å²) in [6.07, 6.45) is -13.3. The number of thiophene rings is 1. The molecule has 0 aliphatic carbocycles. The first kappa shape index (κ1) is 39.6. The molecule has 0 saturated heterocycles. The van der Waals surface area contributed by atoms with Gasteiger partial charge in [0.2, 0.25) is 0 Å². The van der Waals surface area contributed by atoms with Crippen molar-refractivity contribution in [3.8, 4) is 0 Å². The number of ether oxygens (including phenoxy) is 1. The minimum absolute atomic E-state index is 0.614. The first-order valence-corrected chi connectivity index (χ1v) is 12.3. The lowest BCUT2D eigenvalue weighted by atomic mass is 10.2. The largest absolute Gasteiger partial charge is 0.490 e. The number of imidazole rings is 1. The van der Waals surface area contributed by atoms with Gasteiger partial charge in [-0.05, 0) is 25.5 Å². The predicted octanol–water partition coefficient (Wildman–Crippen LogP) is 3.94. The Bertz CT molecular complexity index is 1080. The standard InChI is InChI=1S/C16H24N4OS.3C2HF3O2/c1-18(2)7-8-21-12-15-16-11-19(5-6-20(16)13-17-15)10-14-4-3-9-22-14;3*3-2(4,5)1(6)7/h3-4,9,13H,5-8,10-12H2,1-2H3;3*(H,6,7). The van der Waals surface area contributed by atoms with Gasteiger partial charge in [0.05, 0.1) is 30.9 Å². The molecule has 0 atom stereocenters. The number of aliphatic carboxylic acids is 3. The molecule has 43 heavy (non-hydrogen) atoms. The second kappa shape index (κ2) is 17.6. The van der Waals surface area contributed by atoms with Gasteiger partial charge < -0.3 is 29.5 Å². The highest BCUT2D eigenvalue weighted by Gasteiger charge is 2.39. The molecular weight excluding hydrogens is 635 g/mol. The number of hydrogen-bond donors (Lipinski definition) is 3. The van der Waals surface area contributed by atoms with Gasteiger partial charge in [-0.25, -0.2) is 19.4 Å². The van der Waals surface area contributed by atoms with Crippen LogP contribution >= 0.6 is 11.3 Å². The molecule has 3 N–H and O–H groups in total. The Morgan fingerprint density at radius 3 is 1.81 bits per heavy atom. The van der Waals surface area contributed by atoms with Crippen molar-refractivity contribution in [2.75, 3.05) is 33.8 Å². The maximum atomic E-state index is 10.6. The molecule has 0 aromatic carbocycles. The fraction of sp³-hybridized carbons (Fsp3) is 0.545. The van der Waals surface area contributed by atoms with E-state index < -0.39 is 36.4 Å². The molecule has 2 aromatic heterocycles. The Morgan fingerprint density at radius 2 is 1.42 bits per heavy atom. The van der Waals surface area contributed by atoms with Crippen LogP contribution in [0.1, 0.15) is 16.3 Å². The van der Waals surface area contributed by atoms with E-state index in [0.717, 1.165) is 45.0 Å². The Balaban J connectivity index is 0.000000690. The van der Waals surface area contributed by atoms with Crippen LogP contribution in [0.3, 0.4) is 0 Å². The second-order valence-corrected chi connectivity index (χ2v) is 9.42. The highest BCUT2D eigenvalue weighted by Crippen LogP contribution is 2.20. The normalized spacial score (nSPS) is 13.4. The Morgan fingerprint density at radius 1 is 0.930 bits per heavy atom. The smallest absolute Gasteiger partial charge is 0.475 e. The lowest BCUT2D eigenvalue weighted by Gasteiger charge is -2.28. The monoisotopic (exact) mass is 662 g/mol. The van der Waals surface area contributed by atoms with Crippen LogP contribution in [0.15, 0.2) is 23.8 Å². The first-order valence-electron chi connectivity index (χ1n) is 11.5. The number of rotatable bonds is 7. The number of aromatic nitrogens is 2. The summed E-state index contributed by atoms with van der Waals surface area (Å²) in [4.78, 5) is 37.3. The van der Waals surface area contributed by atoms with Crippen LogP contribution in [-0.4, -0.2) is 105 Å². The van der Waals surface area contributed by atoms with E-state index in [1.807, 2.05) is 17.7 Å². The molecule has 0 unspecified atom stereocenters. The number of carbonyl (C=O) groups is 3.